The minimum atomic E-state index is -3.58. The Hall–Kier alpha value is -2.19. The van der Waals surface area contributed by atoms with Crippen LogP contribution >= 0.6 is 22.7 Å². The van der Waals surface area contributed by atoms with E-state index in [-0.39, 0.29) is 41.2 Å². The molecule has 2 aromatic heterocycles. The number of hydrogen-bond acceptors (Lipinski definition) is 6. The van der Waals surface area contributed by atoms with Crippen molar-refractivity contribution in [1.29, 1.82) is 0 Å². The van der Waals surface area contributed by atoms with Crippen LogP contribution in [0.4, 0.5) is 5.69 Å². The van der Waals surface area contributed by atoms with Crippen LogP contribution in [0.15, 0.2) is 27.8 Å². The lowest BCUT2D eigenvalue weighted by atomic mass is 9.82. The Labute approximate surface area is 233 Å². The van der Waals surface area contributed by atoms with Crippen molar-refractivity contribution in [3.63, 3.8) is 0 Å². The first-order valence-corrected chi connectivity index (χ1v) is 16.3. The van der Waals surface area contributed by atoms with Crippen LogP contribution in [0.5, 0.6) is 0 Å². The van der Waals surface area contributed by atoms with E-state index in [0.29, 0.717) is 33.5 Å². The molecule has 1 saturated carbocycles. The highest BCUT2D eigenvalue weighted by molar-refractivity contribution is 7.91. The quantitative estimate of drug-likeness (QED) is 0.431. The number of carboxylic acids is 1. The van der Waals surface area contributed by atoms with Gasteiger partial charge in [0.05, 0.1) is 10.6 Å². The number of hydrogen-bond donors (Lipinski definition) is 1. The number of aromatic carboxylic acids is 1. The molecule has 38 heavy (non-hydrogen) atoms. The van der Waals surface area contributed by atoms with Crippen LogP contribution < -0.4 is 4.90 Å². The van der Waals surface area contributed by atoms with E-state index in [9.17, 15) is 23.1 Å². The van der Waals surface area contributed by atoms with Gasteiger partial charge in [0, 0.05) is 30.5 Å². The van der Waals surface area contributed by atoms with Crippen LogP contribution in [-0.4, -0.2) is 48.8 Å². The topological polar surface area (TPSA) is 95.0 Å². The summed E-state index contributed by atoms with van der Waals surface area (Å²) in [5.74, 6) is 5.55. The summed E-state index contributed by atoms with van der Waals surface area (Å²) in [6.45, 7) is 8.72. The molecule has 2 aliphatic rings. The molecule has 3 heterocycles. The molecule has 4 rings (SSSR count). The summed E-state index contributed by atoms with van der Waals surface area (Å²) in [6, 6.07) is 4.79. The second-order valence-electron chi connectivity index (χ2n) is 11.4. The molecule has 1 aliphatic carbocycles. The average Bonchev–Trinajstić information content (AvgIpc) is 3.55. The summed E-state index contributed by atoms with van der Waals surface area (Å²) in [5.41, 5.74) is 0.145. The maximum Gasteiger partial charge on any atom is 0.348 e. The third kappa shape index (κ3) is 6.50. The van der Waals surface area contributed by atoms with E-state index in [1.807, 2.05) is 20.8 Å². The highest BCUT2D eigenvalue weighted by Gasteiger charge is 2.39. The van der Waals surface area contributed by atoms with Gasteiger partial charge in [0.25, 0.3) is 10.0 Å². The third-order valence-electron chi connectivity index (χ3n) is 7.21. The van der Waals surface area contributed by atoms with Crippen molar-refractivity contribution in [2.45, 2.75) is 76.5 Å². The first kappa shape index (κ1) is 28.8. The molecule has 206 valence electrons. The normalized spacial score (nSPS) is 21.5. The van der Waals surface area contributed by atoms with Gasteiger partial charge in [-0.1, -0.05) is 24.8 Å². The second-order valence-corrected chi connectivity index (χ2v) is 15.5. The van der Waals surface area contributed by atoms with Gasteiger partial charge < -0.3 is 10.0 Å². The number of amides is 1. The largest absolute Gasteiger partial charge is 0.477 e. The third-order valence-corrected chi connectivity index (χ3v) is 11.5. The zero-order valence-corrected chi connectivity index (χ0v) is 24.8. The van der Waals surface area contributed by atoms with Crippen LogP contribution in [-0.2, 0) is 14.8 Å². The van der Waals surface area contributed by atoms with Crippen LogP contribution in [0.2, 0.25) is 0 Å². The lowest BCUT2D eigenvalue weighted by Crippen LogP contribution is -2.51. The van der Waals surface area contributed by atoms with E-state index in [2.05, 4.69) is 18.8 Å². The van der Waals surface area contributed by atoms with Crippen LogP contribution in [0.1, 0.15) is 80.8 Å². The molecule has 0 radical (unpaired) electrons. The zero-order chi connectivity index (χ0) is 27.7. The van der Waals surface area contributed by atoms with E-state index in [1.165, 1.54) is 15.6 Å². The van der Waals surface area contributed by atoms with E-state index < -0.39 is 16.0 Å². The molecule has 7 nitrogen and oxygen atoms in total. The summed E-state index contributed by atoms with van der Waals surface area (Å²) >= 11 is 2.29. The SMILES string of the molecule is CC(C)(C)C#Cc1cc(N(C(=O)[C@H]2CC[C@H](C)CC2)C2CCN(S(=O)(=O)c3cccs3)CC2)c(C(=O)O)s1. The van der Waals surface area contributed by atoms with Crippen molar-refractivity contribution in [3.8, 4) is 11.8 Å². The number of sulfonamides is 1. The van der Waals surface area contributed by atoms with Crippen LogP contribution in [0, 0.1) is 29.1 Å². The molecule has 1 N–H and O–H groups in total. The molecule has 2 fully saturated rings. The first-order chi connectivity index (χ1) is 17.9. The van der Waals surface area contributed by atoms with Crippen molar-refractivity contribution in [1.82, 2.24) is 4.31 Å². The Kier molecular flexibility index (Phi) is 8.72. The fraction of sp³-hybridized carbons (Fsp3) is 0.571. The highest BCUT2D eigenvalue weighted by atomic mass is 32.2. The zero-order valence-electron chi connectivity index (χ0n) is 22.4. The lowest BCUT2D eigenvalue weighted by molar-refractivity contribution is -0.124. The monoisotopic (exact) mass is 576 g/mol. The van der Waals surface area contributed by atoms with E-state index >= 15 is 0 Å². The number of carbonyl (C=O) groups excluding carboxylic acids is 1. The summed E-state index contributed by atoms with van der Waals surface area (Å²) in [5, 5.41) is 11.8. The van der Waals surface area contributed by atoms with Gasteiger partial charge in [-0.05, 0) is 82.7 Å². The van der Waals surface area contributed by atoms with Gasteiger partial charge in [0.1, 0.15) is 9.09 Å². The van der Waals surface area contributed by atoms with Gasteiger partial charge in [0.15, 0.2) is 0 Å². The van der Waals surface area contributed by atoms with Crippen molar-refractivity contribution < 1.29 is 23.1 Å². The Morgan fingerprint density at radius 1 is 1.11 bits per heavy atom. The molecular weight excluding hydrogens is 541 g/mol. The first-order valence-electron chi connectivity index (χ1n) is 13.1. The average molecular weight is 577 g/mol. The van der Waals surface area contributed by atoms with Gasteiger partial charge in [-0.3, -0.25) is 4.79 Å². The molecule has 0 atom stereocenters. The van der Waals surface area contributed by atoms with Crippen LogP contribution in [0.3, 0.4) is 0 Å². The molecule has 0 bridgehead atoms. The van der Waals surface area contributed by atoms with Crippen molar-refractivity contribution >= 4 is 50.3 Å². The molecule has 0 unspecified atom stereocenters. The molecule has 0 spiro atoms. The van der Waals surface area contributed by atoms with Crippen molar-refractivity contribution in [3.05, 3.63) is 33.3 Å². The van der Waals surface area contributed by atoms with Gasteiger partial charge in [0.2, 0.25) is 5.91 Å². The summed E-state index contributed by atoms with van der Waals surface area (Å²) in [4.78, 5) is 28.8. The molecule has 1 amide bonds. The number of carbonyl (C=O) groups is 2. The number of rotatable bonds is 6. The minimum absolute atomic E-state index is 0.0490. The Morgan fingerprint density at radius 2 is 1.76 bits per heavy atom. The predicted octanol–water partition coefficient (Wildman–Crippen LogP) is 5.92. The molecule has 0 aromatic carbocycles. The lowest BCUT2D eigenvalue weighted by Gasteiger charge is -2.40. The number of thiophene rings is 2. The maximum atomic E-state index is 14.0. The fourth-order valence-electron chi connectivity index (χ4n) is 5.10. The van der Waals surface area contributed by atoms with Gasteiger partial charge >= 0.3 is 5.97 Å². The number of carboxylic acid groups (broad SMARTS) is 1. The standard InChI is InChI=1S/C28H36N2O5S3/c1-19-7-9-20(10-8-19)26(31)30(23-18-22(11-14-28(2,3)4)37-25(23)27(32)33)21-12-15-29(16-13-21)38(34,35)24-6-5-17-36-24/h5-6,17-21H,7-10,12-13,15-16H2,1-4H3,(H,32,33)/t19-,20-. The minimum Gasteiger partial charge on any atom is -0.477 e. The second kappa shape index (κ2) is 11.5. The van der Waals surface area contributed by atoms with E-state index in [0.717, 1.165) is 37.0 Å². The maximum absolute atomic E-state index is 14.0. The van der Waals surface area contributed by atoms with Gasteiger partial charge in [-0.2, -0.15) is 4.31 Å². The molecule has 10 heteroatoms. The Balaban J connectivity index is 1.66. The fourth-order valence-corrected chi connectivity index (χ4v) is 8.56. The number of nitrogens with zero attached hydrogens (tertiary/aromatic N) is 2. The predicted molar refractivity (Wildman–Crippen MR) is 152 cm³/mol. The summed E-state index contributed by atoms with van der Waals surface area (Å²) < 4.78 is 27.9. The van der Waals surface area contributed by atoms with E-state index in [1.54, 1.807) is 28.5 Å². The summed E-state index contributed by atoms with van der Waals surface area (Å²) in [6.07, 6.45) is 4.39. The van der Waals surface area contributed by atoms with Crippen molar-refractivity contribution in [2.24, 2.45) is 17.3 Å². The summed E-state index contributed by atoms with van der Waals surface area (Å²) in [7, 11) is -3.58. The number of anilines is 1. The smallest absolute Gasteiger partial charge is 0.348 e. The van der Waals surface area contributed by atoms with Crippen LogP contribution in [0.25, 0.3) is 0 Å². The molecular formula is C28H36N2O5S3. The van der Waals surface area contributed by atoms with Gasteiger partial charge in [-0.15, -0.1) is 22.7 Å². The van der Waals surface area contributed by atoms with Crippen molar-refractivity contribution in [2.75, 3.05) is 18.0 Å². The molecule has 1 aliphatic heterocycles. The molecule has 1 saturated heterocycles. The highest BCUT2D eigenvalue weighted by Crippen LogP contribution is 2.38. The van der Waals surface area contributed by atoms with Gasteiger partial charge in [-0.25, -0.2) is 13.2 Å². The number of piperidine rings is 1. The molecule has 2 aromatic rings. The van der Waals surface area contributed by atoms with E-state index in [4.69, 9.17) is 0 Å². The Bertz CT molecular complexity index is 1310. The Morgan fingerprint density at radius 3 is 2.32 bits per heavy atom.